The lowest BCUT2D eigenvalue weighted by Gasteiger charge is -2.26. The van der Waals surface area contributed by atoms with Crippen LogP contribution in [0.1, 0.15) is 38.2 Å². The average molecular weight is 260 g/mol. The molecule has 1 heterocycles. The Kier molecular flexibility index (Phi) is 3.92. The summed E-state index contributed by atoms with van der Waals surface area (Å²) in [5, 5.41) is 3.42. The molecule has 0 aromatic heterocycles. The predicted molar refractivity (Wildman–Crippen MR) is 78.8 cm³/mol. The first-order valence-electron chi connectivity index (χ1n) is 7.61. The van der Waals surface area contributed by atoms with Crippen LogP contribution in [0.15, 0.2) is 18.2 Å². The van der Waals surface area contributed by atoms with Crippen LogP contribution in [0.5, 0.6) is 5.75 Å². The SMILES string of the molecule is CCCCN(Cc1cccc2c1OCCN2)C1CC1. The summed E-state index contributed by atoms with van der Waals surface area (Å²) in [6, 6.07) is 7.29. The summed E-state index contributed by atoms with van der Waals surface area (Å²) >= 11 is 0. The number of para-hydroxylation sites is 1. The maximum Gasteiger partial charge on any atom is 0.146 e. The van der Waals surface area contributed by atoms with Gasteiger partial charge in [-0.1, -0.05) is 25.5 Å². The molecule has 2 aliphatic rings. The van der Waals surface area contributed by atoms with Crippen molar-refractivity contribution in [2.75, 3.05) is 25.0 Å². The van der Waals surface area contributed by atoms with E-state index in [-0.39, 0.29) is 0 Å². The zero-order chi connectivity index (χ0) is 13.1. The van der Waals surface area contributed by atoms with Crippen LogP contribution in [-0.2, 0) is 6.54 Å². The smallest absolute Gasteiger partial charge is 0.146 e. The minimum Gasteiger partial charge on any atom is -0.489 e. The highest BCUT2D eigenvalue weighted by atomic mass is 16.5. The van der Waals surface area contributed by atoms with Crippen molar-refractivity contribution in [1.29, 1.82) is 0 Å². The highest BCUT2D eigenvalue weighted by Crippen LogP contribution is 2.35. The van der Waals surface area contributed by atoms with Crippen LogP contribution in [0.3, 0.4) is 0 Å². The van der Waals surface area contributed by atoms with Crippen molar-refractivity contribution in [1.82, 2.24) is 4.90 Å². The number of benzene rings is 1. The van der Waals surface area contributed by atoms with Crippen LogP contribution in [-0.4, -0.2) is 30.6 Å². The van der Waals surface area contributed by atoms with Crippen molar-refractivity contribution in [3.8, 4) is 5.75 Å². The lowest BCUT2D eigenvalue weighted by atomic mass is 10.1. The van der Waals surface area contributed by atoms with Crippen LogP contribution < -0.4 is 10.1 Å². The summed E-state index contributed by atoms with van der Waals surface area (Å²) in [6.07, 6.45) is 5.31. The van der Waals surface area contributed by atoms with Crippen molar-refractivity contribution < 1.29 is 4.74 Å². The van der Waals surface area contributed by atoms with Gasteiger partial charge in [0.2, 0.25) is 0 Å². The Labute approximate surface area is 115 Å². The van der Waals surface area contributed by atoms with Crippen LogP contribution in [0.25, 0.3) is 0 Å². The monoisotopic (exact) mass is 260 g/mol. The molecule has 0 amide bonds. The lowest BCUT2D eigenvalue weighted by molar-refractivity contribution is 0.242. The molecule has 1 aromatic rings. The second-order valence-corrected chi connectivity index (χ2v) is 5.62. The van der Waals surface area contributed by atoms with Gasteiger partial charge < -0.3 is 10.1 Å². The third kappa shape index (κ3) is 3.03. The minimum absolute atomic E-state index is 0.780. The maximum absolute atomic E-state index is 5.87. The first kappa shape index (κ1) is 12.8. The van der Waals surface area contributed by atoms with Gasteiger partial charge in [0.25, 0.3) is 0 Å². The number of hydrogen-bond acceptors (Lipinski definition) is 3. The fourth-order valence-corrected chi connectivity index (χ4v) is 2.77. The molecule has 3 rings (SSSR count). The van der Waals surface area contributed by atoms with Crippen molar-refractivity contribution >= 4 is 5.69 Å². The van der Waals surface area contributed by atoms with Gasteiger partial charge in [0, 0.05) is 24.7 Å². The zero-order valence-electron chi connectivity index (χ0n) is 11.8. The molecular weight excluding hydrogens is 236 g/mol. The molecule has 0 atom stereocenters. The van der Waals surface area contributed by atoms with Gasteiger partial charge in [-0.05, 0) is 31.9 Å². The summed E-state index contributed by atoms with van der Waals surface area (Å²) in [5.74, 6) is 1.08. The Bertz CT molecular complexity index is 429. The normalized spacial score (nSPS) is 17.8. The number of unbranched alkanes of at least 4 members (excludes halogenated alkanes) is 1. The van der Waals surface area contributed by atoms with Gasteiger partial charge in [-0.25, -0.2) is 0 Å². The topological polar surface area (TPSA) is 24.5 Å². The number of rotatable bonds is 6. The summed E-state index contributed by atoms with van der Waals surface area (Å²) in [5.41, 5.74) is 2.50. The van der Waals surface area contributed by atoms with Gasteiger partial charge in [-0.3, -0.25) is 4.90 Å². The molecule has 1 N–H and O–H groups in total. The first-order chi connectivity index (χ1) is 9.38. The summed E-state index contributed by atoms with van der Waals surface area (Å²) < 4.78 is 5.87. The third-order valence-electron chi connectivity index (χ3n) is 4.00. The molecule has 3 nitrogen and oxygen atoms in total. The number of ether oxygens (including phenoxy) is 1. The second-order valence-electron chi connectivity index (χ2n) is 5.62. The molecule has 3 heteroatoms. The van der Waals surface area contributed by atoms with Crippen molar-refractivity contribution in [3.63, 3.8) is 0 Å². The Morgan fingerprint density at radius 1 is 1.37 bits per heavy atom. The molecule has 104 valence electrons. The van der Waals surface area contributed by atoms with E-state index in [1.807, 2.05) is 0 Å². The summed E-state index contributed by atoms with van der Waals surface area (Å²) in [6.45, 7) is 6.22. The highest BCUT2D eigenvalue weighted by Gasteiger charge is 2.29. The molecular formula is C16H24N2O. The Hall–Kier alpha value is -1.22. The first-order valence-corrected chi connectivity index (χ1v) is 7.61. The molecule has 19 heavy (non-hydrogen) atoms. The Morgan fingerprint density at radius 3 is 3.05 bits per heavy atom. The highest BCUT2D eigenvalue weighted by molar-refractivity contribution is 5.61. The van der Waals surface area contributed by atoms with Gasteiger partial charge in [0.15, 0.2) is 0 Å². The van der Waals surface area contributed by atoms with E-state index in [1.165, 1.54) is 37.8 Å². The fraction of sp³-hybridized carbons (Fsp3) is 0.625. The van der Waals surface area contributed by atoms with E-state index >= 15 is 0 Å². The molecule has 0 spiro atoms. The zero-order valence-corrected chi connectivity index (χ0v) is 11.8. The van der Waals surface area contributed by atoms with Crippen LogP contribution in [0.4, 0.5) is 5.69 Å². The van der Waals surface area contributed by atoms with E-state index in [4.69, 9.17) is 4.74 Å². The number of nitrogens with zero attached hydrogens (tertiary/aromatic N) is 1. The largest absolute Gasteiger partial charge is 0.489 e. The maximum atomic E-state index is 5.87. The number of anilines is 1. The van der Waals surface area contributed by atoms with Crippen molar-refractivity contribution in [2.24, 2.45) is 0 Å². The van der Waals surface area contributed by atoms with E-state index in [0.717, 1.165) is 37.2 Å². The van der Waals surface area contributed by atoms with Gasteiger partial charge in [0.1, 0.15) is 12.4 Å². The van der Waals surface area contributed by atoms with Crippen molar-refractivity contribution in [3.05, 3.63) is 23.8 Å². The number of hydrogen-bond donors (Lipinski definition) is 1. The molecule has 1 saturated carbocycles. The van der Waals surface area contributed by atoms with Crippen LogP contribution >= 0.6 is 0 Å². The second kappa shape index (κ2) is 5.83. The summed E-state index contributed by atoms with van der Waals surface area (Å²) in [4.78, 5) is 2.64. The van der Waals surface area contributed by atoms with Crippen LogP contribution in [0, 0.1) is 0 Å². The molecule has 0 saturated heterocycles. The van der Waals surface area contributed by atoms with E-state index in [1.54, 1.807) is 0 Å². The van der Waals surface area contributed by atoms with E-state index in [0.29, 0.717) is 0 Å². The van der Waals surface area contributed by atoms with E-state index in [2.05, 4.69) is 35.3 Å². The minimum atomic E-state index is 0.780. The molecule has 1 fully saturated rings. The quantitative estimate of drug-likeness (QED) is 0.849. The fourth-order valence-electron chi connectivity index (χ4n) is 2.77. The standard InChI is InChI=1S/C16H24N2O/c1-2-3-10-18(14-7-8-14)12-13-5-4-6-15-16(13)19-11-9-17-15/h4-6,14,17H,2-3,7-12H2,1H3. The van der Waals surface area contributed by atoms with Gasteiger partial charge in [-0.15, -0.1) is 0 Å². The van der Waals surface area contributed by atoms with Crippen LogP contribution in [0.2, 0.25) is 0 Å². The van der Waals surface area contributed by atoms with E-state index < -0.39 is 0 Å². The summed E-state index contributed by atoms with van der Waals surface area (Å²) in [7, 11) is 0. The number of fused-ring (bicyclic) bond motifs is 1. The van der Waals surface area contributed by atoms with Gasteiger partial charge in [0.05, 0.1) is 5.69 Å². The number of nitrogens with one attached hydrogen (secondary N) is 1. The third-order valence-corrected chi connectivity index (χ3v) is 4.00. The Balaban J connectivity index is 1.73. The van der Waals surface area contributed by atoms with Crippen molar-refractivity contribution in [2.45, 2.75) is 45.2 Å². The average Bonchev–Trinajstić information content (AvgIpc) is 3.28. The molecule has 0 unspecified atom stereocenters. The lowest BCUT2D eigenvalue weighted by Crippen LogP contribution is -2.28. The molecule has 0 radical (unpaired) electrons. The van der Waals surface area contributed by atoms with Gasteiger partial charge in [-0.2, -0.15) is 0 Å². The molecule has 1 aliphatic carbocycles. The predicted octanol–water partition coefficient (Wildman–Crippen LogP) is 3.26. The molecule has 1 aromatic carbocycles. The van der Waals surface area contributed by atoms with Gasteiger partial charge >= 0.3 is 0 Å². The van der Waals surface area contributed by atoms with E-state index in [9.17, 15) is 0 Å². The molecule has 0 bridgehead atoms. The Morgan fingerprint density at radius 2 is 2.26 bits per heavy atom. The molecule has 1 aliphatic heterocycles.